The van der Waals surface area contributed by atoms with Gasteiger partial charge in [0.05, 0.1) is 11.5 Å². The molecule has 0 unspecified atom stereocenters. The van der Waals surface area contributed by atoms with Gasteiger partial charge in [0.1, 0.15) is 0 Å². The first-order valence-electron chi connectivity index (χ1n) is 4.21. The van der Waals surface area contributed by atoms with Crippen LogP contribution in [0.2, 0.25) is 0 Å². The minimum absolute atomic E-state index is 0.157. The summed E-state index contributed by atoms with van der Waals surface area (Å²) in [6, 6.07) is 5.21. The standard InChI is InChI=1S/C9H12N2O3/c1-7-3-2-4-8(5-6-14-10)9(7)11(12)13/h2-4H,5-6,10H2,1H3. The largest absolute Gasteiger partial charge is 0.304 e. The molecule has 0 bridgehead atoms. The number of aryl methyl sites for hydroxylation is 1. The molecule has 5 nitrogen and oxygen atoms in total. The first-order valence-corrected chi connectivity index (χ1v) is 4.21. The average molecular weight is 196 g/mol. The van der Waals surface area contributed by atoms with Crippen LogP contribution < -0.4 is 5.90 Å². The van der Waals surface area contributed by atoms with Gasteiger partial charge in [-0.1, -0.05) is 18.2 Å². The number of hydrogen-bond donors (Lipinski definition) is 1. The Hall–Kier alpha value is -1.46. The third-order valence-corrected chi connectivity index (χ3v) is 1.99. The zero-order chi connectivity index (χ0) is 10.6. The molecule has 0 amide bonds. The number of para-hydroxylation sites is 1. The monoisotopic (exact) mass is 196 g/mol. The molecule has 0 aliphatic rings. The fourth-order valence-electron chi connectivity index (χ4n) is 1.35. The molecule has 1 aromatic carbocycles. The van der Waals surface area contributed by atoms with Crippen LogP contribution in [0.5, 0.6) is 0 Å². The normalized spacial score (nSPS) is 10.1. The predicted molar refractivity (Wildman–Crippen MR) is 51.7 cm³/mol. The lowest BCUT2D eigenvalue weighted by atomic mass is 10.1. The minimum atomic E-state index is -0.374. The molecule has 2 N–H and O–H groups in total. The molecule has 1 rings (SSSR count). The smallest absolute Gasteiger partial charge is 0.275 e. The Morgan fingerprint density at radius 1 is 1.57 bits per heavy atom. The van der Waals surface area contributed by atoms with Crippen molar-refractivity contribution in [1.82, 2.24) is 0 Å². The van der Waals surface area contributed by atoms with Crippen molar-refractivity contribution in [3.63, 3.8) is 0 Å². The van der Waals surface area contributed by atoms with Gasteiger partial charge < -0.3 is 4.84 Å². The van der Waals surface area contributed by atoms with Crippen LogP contribution in [0.4, 0.5) is 5.69 Å². The first kappa shape index (κ1) is 10.6. The second kappa shape index (κ2) is 4.69. The van der Waals surface area contributed by atoms with Crippen LogP contribution in [0.15, 0.2) is 18.2 Å². The van der Waals surface area contributed by atoms with E-state index in [0.29, 0.717) is 17.5 Å². The third kappa shape index (κ3) is 2.27. The van der Waals surface area contributed by atoms with E-state index in [1.807, 2.05) is 0 Å². The van der Waals surface area contributed by atoms with Crippen molar-refractivity contribution >= 4 is 5.69 Å². The quantitative estimate of drug-likeness (QED) is 0.582. The van der Waals surface area contributed by atoms with Crippen LogP contribution in [0.25, 0.3) is 0 Å². The van der Waals surface area contributed by atoms with E-state index in [1.165, 1.54) is 0 Å². The van der Waals surface area contributed by atoms with E-state index in [1.54, 1.807) is 25.1 Å². The summed E-state index contributed by atoms with van der Waals surface area (Å²) in [5.74, 6) is 4.87. The molecule has 0 aliphatic carbocycles. The van der Waals surface area contributed by atoms with Gasteiger partial charge in [-0.15, -0.1) is 0 Å². The van der Waals surface area contributed by atoms with Crippen LogP contribution in [0, 0.1) is 17.0 Å². The summed E-state index contributed by atoms with van der Waals surface area (Å²) >= 11 is 0. The lowest BCUT2D eigenvalue weighted by Gasteiger charge is -2.03. The summed E-state index contributed by atoms with van der Waals surface area (Å²) in [5.41, 5.74) is 1.47. The number of hydrogen-bond acceptors (Lipinski definition) is 4. The van der Waals surface area contributed by atoms with Crippen LogP contribution in [-0.2, 0) is 11.3 Å². The number of nitro groups is 1. The van der Waals surface area contributed by atoms with E-state index in [2.05, 4.69) is 4.84 Å². The Labute approximate surface area is 81.6 Å². The first-order chi connectivity index (χ1) is 6.66. The molecular weight excluding hydrogens is 184 g/mol. The van der Waals surface area contributed by atoms with Crippen molar-refractivity contribution in [2.45, 2.75) is 13.3 Å². The highest BCUT2D eigenvalue weighted by Crippen LogP contribution is 2.23. The van der Waals surface area contributed by atoms with Crippen molar-refractivity contribution in [1.29, 1.82) is 0 Å². The van der Waals surface area contributed by atoms with Gasteiger partial charge in [0, 0.05) is 17.5 Å². The molecule has 76 valence electrons. The van der Waals surface area contributed by atoms with Gasteiger partial charge in [-0.25, -0.2) is 5.90 Å². The van der Waals surface area contributed by atoms with Gasteiger partial charge in [-0.2, -0.15) is 0 Å². The molecule has 0 saturated heterocycles. The fraction of sp³-hybridized carbons (Fsp3) is 0.333. The van der Waals surface area contributed by atoms with E-state index in [0.717, 1.165) is 0 Å². The van der Waals surface area contributed by atoms with E-state index in [-0.39, 0.29) is 17.2 Å². The number of nitrogens with two attached hydrogens (primary N) is 1. The maximum absolute atomic E-state index is 10.7. The van der Waals surface area contributed by atoms with Gasteiger partial charge in [0.2, 0.25) is 0 Å². The number of nitrogens with zero attached hydrogens (tertiary/aromatic N) is 1. The SMILES string of the molecule is Cc1cccc(CCON)c1[N+](=O)[O-]. The fourth-order valence-corrected chi connectivity index (χ4v) is 1.35. The summed E-state index contributed by atoms with van der Waals surface area (Å²) in [7, 11) is 0. The Kier molecular flexibility index (Phi) is 3.55. The molecule has 0 saturated carbocycles. The van der Waals surface area contributed by atoms with E-state index in [9.17, 15) is 10.1 Å². The molecular formula is C9H12N2O3. The van der Waals surface area contributed by atoms with E-state index < -0.39 is 0 Å². The highest BCUT2D eigenvalue weighted by molar-refractivity contribution is 5.47. The number of nitro benzene ring substituents is 1. The van der Waals surface area contributed by atoms with Crippen LogP contribution >= 0.6 is 0 Å². The third-order valence-electron chi connectivity index (χ3n) is 1.99. The summed E-state index contributed by atoms with van der Waals surface area (Å²) in [4.78, 5) is 14.8. The average Bonchev–Trinajstić information content (AvgIpc) is 2.14. The van der Waals surface area contributed by atoms with E-state index >= 15 is 0 Å². The minimum Gasteiger partial charge on any atom is -0.304 e. The molecule has 5 heteroatoms. The highest BCUT2D eigenvalue weighted by Gasteiger charge is 2.15. The zero-order valence-corrected chi connectivity index (χ0v) is 7.90. The lowest BCUT2D eigenvalue weighted by molar-refractivity contribution is -0.386. The van der Waals surface area contributed by atoms with Crippen molar-refractivity contribution in [3.8, 4) is 0 Å². The Balaban J connectivity index is 3.02. The zero-order valence-electron chi connectivity index (χ0n) is 7.90. The molecule has 14 heavy (non-hydrogen) atoms. The maximum atomic E-state index is 10.7. The van der Waals surface area contributed by atoms with Crippen molar-refractivity contribution in [2.75, 3.05) is 6.61 Å². The van der Waals surface area contributed by atoms with Crippen LogP contribution in [0.1, 0.15) is 11.1 Å². The molecule has 0 heterocycles. The van der Waals surface area contributed by atoms with Crippen molar-refractivity contribution in [3.05, 3.63) is 39.4 Å². The highest BCUT2D eigenvalue weighted by atomic mass is 16.6. The van der Waals surface area contributed by atoms with Gasteiger partial charge in [-0.05, 0) is 6.92 Å². The molecule has 0 aliphatic heterocycles. The Morgan fingerprint density at radius 2 is 2.29 bits per heavy atom. The molecule has 0 atom stereocenters. The summed E-state index contributed by atoms with van der Waals surface area (Å²) in [6.07, 6.45) is 0.453. The number of rotatable bonds is 4. The van der Waals surface area contributed by atoms with Gasteiger partial charge in [0.15, 0.2) is 0 Å². The molecule has 0 aromatic heterocycles. The van der Waals surface area contributed by atoms with Gasteiger partial charge in [0.25, 0.3) is 5.69 Å². The number of benzene rings is 1. The Bertz CT molecular complexity index is 339. The van der Waals surface area contributed by atoms with Gasteiger partial charge in [-0.3, -0.25) is 10.1 Å². The van der Waals surface area contributed by atoms with Crippen LogP contribution in [-0.4, -0.2) is 11.5 Å². The lowest BCUT2D eigenvalue weighted by Crippen LogP contribution is -2.06. The van der Waals surface area contributed by atoms with Crippen molar-refractivity contribution in [2.24, 2.45) is 5.90 Å². The summed E-state index contributed by atoms with van der Waals surface area (Å²) < 4.78 is 0. The molecule has 0 fully saturated rings. The summed E-state index contributed by atoms with van der Waals surface area (Å²) in [5, 5.41) is 10.7. The van der Waals surface area contributed by atoms with Crippen LogP contribution in [0.3, 0.4) is 0 Å². The molecule has 1 aromatic rings. The Morgan fingerprint density at radius 3 is 2.86 bits per heavy atom. The topological polar surface area (TPSA) is 78.4 Å². The predicted octanol–water partition coefficient (Wildman–Crippen LogP) is 1.34. The second-order valence-electron chi connectivity index (χ2n) is 2.96. The maximum Gasteiger partial charge on any atom is 0.275 e. The second-order valence-corrected chi connectivity index (χ2v) is 2.96. The molecule has 0 spiro atoms. The van der Waals surface area contributed by atoms with Gasteiger partial charge >= 0.3 is 0 Å². The van der Waals surface area contributed by atoms with E-state index in [4.69, 9.17) is 5.90 Å². The summed E-state index contributed by atoms with van der Waals surface area (Å²) in [6.45, 7) is 2.00. The molecule has 0 radical (unpaired) electrons. The van der Waals surface area contributed by atoms with Crippen molar-refractivity contribution < 1.29 is 9.76 Å².